The van der Waals surface area contributed by atoms with Crippen molar-refractivity contribution in [1.29, 1.82) is 0 Å². The minimum Gasteiger partial charge on any atom is -0.756 e. The van der Waals surface area contributed by atoms with Gasteiger partial charge in [0.2, 0.25) is 5.91 Å². The summed E-state index contributed by atoms with van der Waals surface area (Å²) in [6.45, 7) is 4.46. The molecule has 8 nitrogen and oxygen atoms in total. The highest BCUT2D eigenvalue weighted by Gasteiger charge is 2.23. The summed E-state index contributed by atoms with van der Waals surface area (Å²) in [6, 6.07) is -0.918. The molecule has 0 aromatic rings. The lowest BCUT2D eigenvalue weighted by molar-refractivity contribution is -0.870. The monoisotopic (exact) mass is 831 g/mol. The summed E-state index contributed by atoms with van der Waals surface area (Å²) in [4.78, 5) is 25.3. The molecular formula is C49H87N2O6P. The Kier molecular flexibility index (Phi) is 38.5. The van der Waals surface area contributed by atoms with Crippen LogP contribution in [-0.4, -0.2) is 68.5 Å². The van der Waals surface area contributed by atoms with E-state index in [-0.39, 0.29) is 12.5 Å². The van der Waals surface area contributed by atoms with E-state index in [1.54, 1.807) is 6.08 Å². The molecule has 0 spiro atoms. The molecular weight excluding hydrogens is 744 g/mol. The predicted molar refractivity (Wildman–Crippen MR) is 246 cm³/mol. The fourth-order valence-electron chi connectivity index (χ4n) is 5.94. The van der Waals surface area contributed by atoms with Crippen LogP contribution in [0.1, 0.15) is 168 Å². The van der Waals surface area contributed by atoms with Crippen LogP contribution in [-0.2, 0) is 18.4 Å². The van der Waals surface area contributed by atoms with Crippen LogP contribution < -0.4 is 10.2 Å². The summed E-state index contributed by atoms with van der Waals surface area (Å²) in [6.07, 6.45) is 54.9. The molecule has 0 rings (SSSR count). The van der Waals surface area contributed by atoms with Gasteiger partial charge in [0.25, 0.3) is 7.82 Å². The first kappa shape index (κ1) is 55.7. The van der Waals surface area contributed by atoms with Crippen molar-refractivity contribution in [2.24, 2.45) is 0 Å². The van der Waals surface area contributed by atoms with Crippen LogP contribution in [0.2, 0.25) is 0 Å². The van der Waals surface area contributed by atoms with Crippen molar-refractivity contribution in [1.82, 2.24) is 5.32 Å². The van der Waals surface area contributed by atoms with Gasteiger partial charge in [0, 0.05) is 6.42 Å². The van der Waals surface area contributed by atoms with E-state index in [0.717, 1.165) is 89.9 Å². The lowest BCUT2D eigenvalue weighted by Crippen LogP contribution is -2.45. The lowest BCUT2D eigenvalue weighted by atomic mass is 10.1. The molecule has 1 amide bonds. The van der Waals surface area contributed by atoms with Gasteiger partial charge >= 0.3 is 0 Å². The highest BCUT2D eigenvalue weighted by Crippen LogP contribution is 2.38. The van der Waals surface area contributed by atoms with E-state index < -0.39 is 26.6 Å². The minimum atomic E-state index is -4.61. The molecule has 0 radical (unpaired) electrons. The maximum atomic E-state index is 12.9. The first-order valence-electron chi connectivity index (χ1n) is 22.9. The number of amides is 1. The topological polar surface area (TPSA) is 108 Å². The number of rotatable bonds is 40. The van der Waals surface area contributed by atoms with Gasteiger partial charge in [-0.05, 0) is 83.5 Å². The molecule has 0 heterocycles. The van der Waals surface area contributed by atoms with Crippen molar-refractivity contribution in [2.75, 3.05) is 40.9 Å². The third-order valence-corrected chi connectivity index (χ3v) is 10.5. The number of unbranched alkanes of at least 4 members (excludes halogenated alkanes) is 15. The van der Waals surface area contributed by atoms with Crippen molar-refractivity contribution >= 4 is 13.7 Å². The van der Waals surface area contributed by atoms with Crippen molar-refractivity contribution in [3.63, 3.8) is 0 Å². The molecule has 2 N–H and O–H groups in total. The Morgan fingerprint density at radius 1 is 0.621 bits per heavy atom. The standard InChI is InChI=1S/C49H87N2O6P/c1-6-8-10-12-14-16-18-20-22-23-24-25-26-27-29-31-33-35-37-39-41-43-49(53)50-47(46-57-58(54,55)56-45-44-51(3,4)5)48(52)42-40-38-36-34-32-30-28-21-19-17-15-13-11-9-7-2/h8,10,14,16,19-22,24-25,32,34,40,42,47-48,52H,6-7,9,11-13,15,17-18,23,26-31,33,35-39,41,43-46H2,1-5H3,(H-,50,53,54,55)/b10-8-,16-14-,21-19+,22-20-,25-24-,34-32+,42-40+. The number of aliphatic hydroxyl groups is 1. The summed E-state index contributed by atoms with van der Waals surface area (Å²) in [5.41, 5.74) is 0. The van der Waals surface area contributed by atoms with E-state index in [2.05, 4.69) is 92.1 Å². The van der Waals surface area contributed by atoms with Crippen LogP contribution in [0.4, 0.5) is 0 Å². The van der Waals surface area contributed by atoms with E-state index >= 15 is 0 Å². The van der Waals surface area contributed by atoms with Gasteiger partial charge < -0.3 is 28.8 Å². The highest BCUT2D eigenvalue weighted by molar-refractivity contribution is 7.45. The van der Waals surface area contributed by atoms with Gasteiger partial charge in [-0.25, -0.2) is 0 Å². The van der Waals surface area contributed by atoms with Gasteiger partial charge in [-0.15, -0.1) is 0 Å². The largest absolute Gasteiger partial charge is 0.756 e. The van der Waals surface area contributed by atoms with Crippen molar-refractivity contribution < 1.29 is 32.9 Å². The average Bonchev–Trinajstić information content (AvgIpc) is 3.17. The minimum absolute atomic E-state index is 0.0152. The zero-order chi connectivity index (χ0) is 42.8. The van der Waals surface area contributed by atoms with Gasteiger partial charge in [0.05, 0.1) is 39.9 Å². The lowest BCUT2D eigenvalue weighted by Gasteiger charge is -2.29. The molecule has 0 saturated carbocycles. The number of quaternary nitrogens is 1. The van der Waals surface area contributed by atoms with E-state index in [1.807, 2.05) is 27.2 Å². The summed E-state index contributed by atoms with van der Waals surface area (Å²) in [5.74, 6) is -0.225. The van der Waals surface area contributed by atoms with Crippen molar-refractivity contribution in [3.05, 3.63) is 85.1 Å². The third-order valence-electron chi connectivity index (χ3n) is 9.57. The van der Waals surface area contributed by atoms with Gasteiger partial charge in [-0.2, -0.15) is 0 Å². The number of carbonyl (C=O) groups is 1. The Bertz CT molecular complexity index is 1220. The number of phosphoric acid groups is 1. The first-order valence-corrected chi connectivity index (χ1v) is 24.4. The molecule has 0 bridgehead atoms. The fraction of sp³-hybridized carbons (Fsp3) is 0.694. The predicted octanol–water partition coefficient (Wildman–Crippen LogP) is 12.3. The highest BCUT2D eigenvalue weighted by atomic mass is 31.2. The molecule has 0 saturated heterocycles. The van der Waals surface area contributed by atoms with Crippen LogP contribution in [0.5, 0.6) is 0 Å². The Balaban J connectivity index is 4.47. The van der Waals surface area contributed by atoms with Gasteiger partial charge in [-0.1, -0.05) is 163 Å². The number of nitrogens with one attached hydrogen (secondary N) is 1. The van der Waals surface area contributed by atoms with Crippen molar-refractivity contribution in [2.45, 2.75) is 180 Å². The number of carbonyl (C=O) groups excluding carboxylic acids is 1. The summed E-state index contributed by atoms with van der Waals surface area (Å²) < 4.78 is 23.2. The fourth-order valence-corrected chi connectivity index (χ4v) is 6.66. The number of hydrogen-bond donors (Lipinski definition) is 2. The van der Waals surface area contributed by atoms with Gasteiger partial charge in [-0.3, -0.25) is 9.36 Å². The third kappa shape index (κ3) is 41.8. The molecule has 9 heteroatoms. The van der Waals surface area contributed by atoms with Gasteiger partial charge in [0.15, 0.2) is 0 Å². The SMILES string of the molecule is CC/C=C\C/C=C\C/C=C\C/C=C\CCCCCCCCCCC(=O)NC(COP(=O)([O-])OCC[N+](C)(C)C)C(O)/C=C/CC/C=C/CC/C=C/CCCCCCC. The maximum absolute atomic E-state index is 12.9. The molecule has 0 aliphatic heterocycles. The number of allylic oxidation sites excluding steroid dienone is 13. The molecule has 58 heavy (non-hydrogen) atoms. The van der Waals surface area contributed by atoms with Gasteiger partial charge in [0.1, 0.15) is 13.2 Å². The second kappa shape index (κ2) is 40.1. The van der Waals surface area contributed by atoms with Crippen LogP contribution in [0, 0.1) is 0 Å². The Morgan fingerprint density at radius 3 is 1.60 bits per heavy atom. The van der Waals surface area contributed by atoms with E-state index in [0.29, 0.717) is 17.4 Å². The quantitative estimate of drug-likeness (QED) is 0.0276. The van der Waals surface area contributed by atoms with Crippen LogP contribution in [0.15, 0.2) is 85.1 Å². The molecule has 0 aliphatic carbocycles. The van der Waals surface area contributed by atoms with E-state index in [1.165, 1.54) is 57.8 Å². The second-order valence-electron chi connectivity index (χ2n) is 16.4. The van der Waals surface area contributed by atoms with Crippen LogP contribution in [0.3, 0.4) is 0 Å². The molecule has 3 atom stereocenters. The summed E-state index contributed by atoms with van der Waals surface area (Å²) >= 11 is 0. The smallest absolute Gasteiger partial charge is 0.268 e. The maximum Gasteiger partial charge on any atom is 0.268 e. The molecule has 3 unspecified atom stereocenters. The normalized spacial score (nSPS) is 15.1. The zero-order valence-corrected chi connectivity index (χ0v) is 38.6. The average molecular weight is 831 g/mol. The zero-order valence-electron chi connectivity index (χ0n) is 37.7. The summed E-state index contributed by atoms with van der Waals surface area (Å²) in [5, 5.41) is 13.8. The second-order valence-corrected chi connectivity index (χ2v) is 17.8. The number of nitrogens with zero attached hydrogens (tertiary/aromatic N) is 1. The number of phosphoric ester groups is 1. The molecule has 0 aromatic heterocycles. The van der Waals surface area contributed by atoms with Crippen LogP contribution >= 0.6 is 7.82 Å². The first-order chi connectivity index (χ1) is 28.0. The Morgan fingerprint density at radius 2 is 1.07 bits per heavy atom. The van der Waals surface area contributed by atoms with Crippen LogP contribution in [0.25, 0.3) is 0 Å². The molecule has 0 fully saturated rings. The summed E-state index contributed by atoms with van der Waals surface area (Å²) in [7, 11) is 1.21. The van der Waals surface area contributed by atoms with Crippen molar-refractivity contribution in [3.8, 4) is 0 Å². The molecule has 0 aromatic carbocycles. The van der Waals surface area contributed by atoms with E-state index in [9.17, 15) is 19.4 Å². The Hall–Kier alpha value is -2.32. The molecule has 334 valence electrons. The number of hydrogen-bond acceptors (Lipinski definition) is 6. The number of likely N-dealkylation sites (N-methyl/N-ethyl adjacent to an activating group) is 1. The number of aliphatic hydroxyl groups excluding tert-OH is 1. The van der Waals surface area contributed by atoms with E-state index in [4.69, 9.17) is 9.05 Å². The Labute approximate surface area is 356 Å². The molecule has 0 aliphatic rings.